The van der Waals surface area contributed by atoms with Crippen molar-refractivity contribution in [3.63, 3.8) is 0 Å². The van der Waals surface area contributed by atoms with Crippen molar-refractivity contribution in [3.8, 4) is 33.4 Å². The number of rotatable bonds is 6. The van der Waals surface area contributed by atoms with E-state index in [1.54, 1.807) is 0 Å². The van der Waals surface area contributed by atoms with E-state index in [2.05, 4.69) is 193 Å². The SMILES string of the molecule is c1ccc(-c2ccc(-c3ccc(N(c4ccc(-c5ccc6c(c5)oc5ccccc56)cc4)c4ccc5c(ccc6ccccc65)c4)cc3)cc2)cc1. The van der Waals surface area contributed by atoms with E-state index in [1.807, 2.05) is 12.1 Å². The molecule has 2 heteroatoms. The molecular weight excluding hydrogens is 631 g/mol. The number of para-hydroxylation sites is 1. The van der Waals surface area contributed by atoms with E-state index in [0.717, 1.165) is 50.1 Å². The molecule has 52 heavy (non-hydrogen) atoms. The maximum Gasteiger partial charge on any atom is 0.136 e. The Bertz CT molecular complexity index is 2870. The maximum absolute atomic E-state index is 6.21. The molecule has 0 unspecified atom stereocenters. The second kappa shape index (κ2) is 12.5. The Kier molecular flexibility index (Phi) is 7.18. The van der Waals surface area contributed by atoms with E-state index in [4.69, 9.17) is 4.42 Å². The van der Waals surface area contributed by atoms with Crippen LogP contribution in [0.25, 0.3) is 76.9 Å². The Morgan fingerprint density at radius 2 is 0.731 bits per heavy atom. The minimum atomic E-state index is 0.905. The predicted octanol–water partition coefficient (Wildman–Crippen LogP) is 14.4. The van der Waals surface area contributed by atoms with Gasteiger partial charge in [-0.3, -0.25) is 0 Å². The largest absolute Gasteiger partial charge is 0.456 e. The van der Waals surface area contributed by atoms with Crippen molar-refractivity contribution in [2.24, 2.45) is 0 Å². The molecule has 0 aliphatic rings. The molecular formula is C50H33NO. The van der Waals surface area contributed by atoms with E-state index >= 15 is 0 Å². The highest BCUT2D eigenvalue weighted by atomic mass is 16.3. The van der Waals surface area contributed by atoms with E-state index < -0.39 is 0 Å². The lowest BCUT2D eigenvalue weighted by Gasteiger charge is -2.26. The van der Waals surface area contributed by atoms with Crippen LogP contribution in [0.3, 0.4) is 0 Å². The van der Waals surface area contributed by atoms with Gasteiger partial charge >= 0.3 is 0 Å². The molecule has 0 radical (unpaired) electrons. The van der Waals surface area contributed by atoms with Crippen molar-refractivity contribution in [2.45, 2.75) is 0 Å². The van der Waals surface area contributed by atoms with Crippen LogP contribution in [0.2, 0.25) is 0 Å². The van der Waals surface area contributed by atoms with Gasteiger partial charge in [-0.25, -0.2) is 0 Å². The summed E-state index contributed by atoms with van der Waals surface area (Å²) in [7, 11) is 0. The molecule has 2 nitrogen and oxygen atoms in total. The number of furan rings is 1. The molecule has 0 bridgehead atoms. The number of hydrogen-bond donors (Lipinski definition) is 0. The first kappa shape index (κ1) is 30.0. The smallest absolute Gasteiger partial charge is 0.136 e. The molecule has 0 fully saturated rings. The van der Waals surface area contributed by atoms with Crippen molar-refractivity contribution in [1.82, 2.24) is 0 Å². The number of hydrogen-bond acceptors (Lipinski definition) is 2. The number of fused-ring (bicyclic) bond motifs is 6. The second-order valence-electron chi connectivity index (χ2n) is 13.4. The molecule has 0 atom stereocenters. The average molecular weight is 664 g/mol. The van der Waals surface area contributed by atoms with Crippen LogP contribution in [0.1, 0.15) is 0 Å². The number of nitrogens with zero attached hydrogens (tertiary/aromatic N) is 1. The van der Waals surface area contributed by atoms with Crippen molar-refractivity contribution in [1.29, 1.82) is 0 Å². The van der Waals surface area contributed by atoms with Gasteiger partial charge in [0.05, 0.1) is 0 Å². The third-order valence-electron chi connectivity index (χ3n) is 10.3. The summed E-state index contributed by atoms with van der Waals surface area (Å²) in [5.41, 5.74) is 12.2. The third kappa shape index (κ3) is 5.30. The molecule has 0 saturated carbocycles. The minimum absolute atomic E-state index is 0.905. The Labute approximate surface area is 302 Å². The Morgan fingerprint density at radius 1 is 0.269 bits per heavy atom. The molecule has 1 heterocycles. The van der Waals surface area contributed by atoms with Gasteiger partial charge in [0.25, 0.3) is 0 Å². The zero-order valence-electron chi connectivity index (χ0n) is 28.4. The topological polar surface area (TPSA) is 16.4 Å². The molecule has 9 aromatic carbocycles. The normalized spacial score (nSPS) is 11.5. The minimum Gasteiger partial charge on any atom is -0.456 e. The van der Waals surface area contributed by atoms with Crippen molar-refractivity contribution in [3.05, 3.63) is 200 Å². The standard InChI is InChI=1S/C50H33NO/c1-2-8-34(9-3-1)35-14-16-36(17-15-35)37-20-25-42(26-21-37)51(44-29-31-46-41(32-44)19-18-39-10-4-5-11-45(39)46)43-27-22-38(23-28-43)40-24-30-48-47-12-6-7-13-49(47)52-50(48)33-40/h1-33H. The molecule has 10 rings (SSSR count). The Hall–Kier alpha value is -6.90. The maximum atomic E-state index is 6.21. The number of anilines is 3. The summed E-state index contributed by atoms with van der Waals surface area (Å²) in [6.07, 6.45) is 0. The highest BCUT2D eigenvalue weighted by molar-refractivity contribution is 6.09. The Morgan fingerprint density at radius 3 is 1.44 bits per heavy atom. The molecule has 0 saturated heterocycles. The van der Waals surface area contributed by atoms with Crippen LogP contribution in [0, 0.1) is 0 Å². The molecule has 10 aromatic rings. The van der Waals surface area contributed by atoms with E-state index in [9.17, 15) is 0 Å². The molecule has 0 aliphatic heterocycles. The van der Waals surface area contributed by atoms with Crippen LogP contribution in [-0.4, -0.2) is 0 Å². The fourth-order valence-corrected chi connectivity index (χ4v) is 7.58. The predicted molar refractivity (Wildman–Crippen MR) is 220 cm³/mol. The van der Waals surface area contributed by atoms with Gasteiger partial charge in [0.1, 0.15) is 11.2 Å². The van der Waals surface area contributed by atoms with Gasteiger partial charge in [0.15, 0.2) is 0 Å². The monoisotopic (exact) mass is 663 g/mol. The quantitative estimate of drug-likeness (QED) is 0.165. The molecule has 0 N–H and O–H groups in total. The fourth-order valence-electron chi connectivity index (χ4n) is 7.58. The molecule has 0 amide bonds. The highest BCUT2D eigenvalue weighted by Gasteiger charge is 2.15. The van der Waals surface area contributed by atoms with Gasteiger partial charge in [0, 0.05) is 27.8 Å². The van der Waals surface area contributed by atoms with Crippen LogP contribution in [0.5, 0.6) is 0 Å². The summed E-state index contributed by atoms with van der Waals surface area (Å²) < 4.78 is 6.21. The molecule has 1 aromatic heterocycles. The zero-order valence-corrected chi connectivity index (χ0v) is 28.4. The third-order valence-corrected chi connectivity index (χ3v) is 10.3. The van der Waals surface area contributed by atoms with Crippen molar-refractivity contribution >= 4 is 60.5 Å². The lowest BCUT2D eigenvalue weighted by molar-refractivity contribution is 0.669. The van der Waals surface area contributed by atoms with Gasteiger partial charge in [-0.2, -0.15) is 0 Å². The van der Waals surface area contributed by atoms with E-state index in [1.165, 1.54) is 43.8 Å². The van der Waals surface area contributed by atoms with Gasteiger partial charge in [-0.1, -0.05) is 146 Å². The first-order valence-electron chi connectivity index (χ1n) is 17.7. The second-order valence-corrected chi connectivity index (χ2v) is 13.4. The average Bonchev–Trinajstić information content (AvgIpc) is 3.60. The summed E-state index contributed by atoms with van der Waals surface area (Å²) in [4.78, 5) is 2.35. The van der Waals surface area contributed by atoms with Crippen LogP contribution < -0.4 is 4.90 Å². The molecule has 0 aliphatic carbocycles. The first-order chi connectivity index (χ1) is 25.7. The van der Waals surface area contributed by atoms with Crippen LogP contribution in [-0.2, 0) is 0 Å². The first-order valence-corrected chi connectivity index (χ1v) is 17.7. The summed E-state index contributed by atoms with van der Waals surface area (Å²) >= 11 is 0. The van der Waals surface area contributed by atoms with Crippen LogP contribution in [0.15, 0.2) is 205 Å². The zero-order chi connectivity index (χ0) is 34.4. The summed E-state index contributed by atoms with van der Waals surface area (Å²) in [6, 6.07) is 71.8. The van der Waals surface area contributed by atoms with Crippen LogP contribution in [0.4, 0.5) is 17.1 Å². The van der Waals surface area contributed by atoms with E-state index in [0.29, 0.717) is 0 Å². The lowest BCUT2D eigenvalue weighted by Crippen LogP contribution is -2.09. The summed E-state index contributed by atoms with van der Waals surface area (Å²) in [5.74, 6) is 0. The van der Waals surface area contributed by atoms with Gasteiger partial charge in [0.2, 0.25) is 0 Å². The van der Waals surface area contributed by atoms with E-state index in [-0.39, 0.29) is 0 Å². The van der Waals surface area contributed by atoms with Crippen molar-refractivity contribution in [2.75, 3.05) is 4.90 Å². The molecule has 244 valence electrons. The number of benzene rings is 9. The van der Waals surface area contributed by atoms with Gasteiger partial charge in [-0.15, -0.1) is 0 Å². The fraction of sp³-hybridized carbons (Fsp3) is 0. The molecule has 0 spiro atoms. The van der Waals surface area contributed by atoms with Crippen molar-refractivity contribution < 1.29 is 4.42 Å². The highest BCUT2D eigenvalue weighted by Crippen LogP contribution is 2.40. The van der Waals surface area contributed by atoms with Crippen LogP contribution >= 0.6 is 0 Å². The van der Waals surface area contributed by atoms with Gasteiger partial charge < -0.3 is 9.32 Å². The van der Waals surface area contributed by atoms with Gasteiger partial charge in [-0.05, 0) is 110 Å². The Balaban J connectivity index is 1.03. The lowest BCUT2D eigenvalue weighted by atomic mass is 9.99. The summed E-state index contributed by atoms with van der Waals surface area (Å²) in [5, 5.41) is 7.28. The summed E-state index contributed by atoms with van der Waals surface area (Å²) in [6.45, 7) is 0.